The first-order valence-electron chi connectivity index (χ1n) is 13.0. The summed E-state index contributed by atoms with van der Waals surface area (Å²) in [6.07, 6.45) is 5.52. The lowest BCUT2D eigenvalue weighted by Crippen LogP contribution is -2.51. The highest BCUT2D eigenvalue weighted by atomic mass is 16.5. The van der Waals surface area contributed by atoms with Gasteiger partial charge in [-0.15, -0.1) is 0 Å². The molecule has 2 N–H and O–H groups in total. The third-order valence-electron chi connectivity index (χ3n) is 7.57. The molecule has 0 unspecified atom stereocenters. The van der Waals surface area contributed by atoms with Crippen LogP contribution >= 0.6 is 0 Å². The van der Waals surface area contributed by atoms with Gasteiger partial charge in [0.1, 0.15) is 12.4 Å². The van der Waals surface area contributed by atoms with Gasteiger partial charge in [0.2, 0.25) is 5.91 Å². The summed E-state index contributed by atoms with van der Waals surface area (Å²) in [5.41, 5.74) is 2.89. The fourth-order valence-electron chi connectivity index (χ4n) is 5.23. The third-order valence-corrected chi connectivity index (χ3v) is 7.57. The monoisotopic (exact) mass is 477 g/mol. The number of rotatable bonds is 2. The number of carbonyl (C=O) groups excluding carboxylic acids is 2. The Morgan fingerprint density at radius 3 is 2.51 bits per heavy atom. The zero-order valence-corrected chi connectivity index (χ0v) is 21.1. The number of fused-ring (bicyclic) bond motifs is 1. The van der Waals surface area contributed by atoms with Crippen molar-refractivity contribution in [1.29, 1.82) is 0 Å². The summed E-state index contributed by atoms with van der Waals surface area (Å²) in [6, 6.07) is 15.7. The Balaban J connectivity index is 1.43. The van der Waals surface area contributed by atoms with Crippen LogP contribution in [0.1, 0.15) is 66.9 Å². The van der Waals surface area contributed by atoms with E-state index in [4.69, 9.17) is 4.74 Å². The summed E-state index contributed by atoms with van der Waals surface area (Å²) >= 11 is 0. The van der Waals surface area contributed by atoms with E-state index in [0.29, 0.717) is 24.5 Å². The van der Waals surface area contributed by atoms with E-state index in [-0.39, 0.29) is 23.3 Å². The topological polar surface area (TPSA) is 70.7 Å². The van der Waals surface area contributed by atoms with Crippen molar-refractivity contribution in [2.75, 3.05) is 26.2 Å². The van der Waals surface area contributed by atoms with Crippen LogP contribution < -0.4 is 15.4 Å². The summed E-state index contributed by atoms with van der Waals surface area (Å²) in [5.74, 6) is 0.603. The van der Waals surface area contributed by atoms with E-state index in [9.17, 15) is 9.59 Å². The van der Waals surface area contributed by atoms with Crippen molar-refractivity contribution in [3.63, 3.8) is 0 Å². The first-order valence-corrected chi connectivity index (χ1v) is 13.0. The molecule has 35 heavy (non-hydrogen) atoms. The standard InChI is InChI=1S/C29H39N3O3/c1-22-10-4-5-11-24(22)20-32-18-15-29(16-19-32)14-8-3-9-17-30-27(33)25-12-6-7-13-26(25)35-21-23(2)31-28(29)34/h4-7,10-13,23H,3,8-9,14-21H2,1-2H3,(H,30,33)(H,31,34)/t23-/m0/s1. The van der Waals surface area contributed by atoms with Crippen LogP contribution in [0, 0.1) is 12.3 Å². The molecule has 4 rings (SSSR count). The molecule has 0 bridgehead atoms. The van der Waals surface area contributed by atoms with Crippen LogP contribution in [-0.4, -0.2) is 49.0 Å². The van der Waals surface area contributed by atoms with Crippen LogP contribution in [0.4, 0.5) is 0 Å². The average molecular weight is 478 g/mol. The lowest BCUT2D eigenvalue weighted by Gasteiger charge is -2.41. The second-order valence-corrected chi connectivity index (χ2v) is 10.2. The Bertz CT molecular complexity index is 1010. The number of nitrogens with zero attached hydrogens (tertiary/aromatic N) is 1. The maximum absolute atomic E-state index is 13.6. The second-order valence-electron chi connectivity index (χ2n) is 10.2. The molecule has 2 heterocycles. The smallest absolute Gasteiger partial charge is 0.255 e. The molecule has 0 radical (unpaired) electrons. The van der Waals surface area contributed by atoms with Gasteiger partial charge in [0, 0.05) is 13.1 Å². The molecular weight excluding hydrogens is 438 g/mol. The van der Waals surface area contributed by atoms with Gasteiger partial charge in [-0.2, -0.15) is 0 Å². The molecule has 0 saturated carbocycles. The maximum Gasteiger partial charge on any atom is 0.255 e. The highest BCUT2D eigenvalue weighted by molar-refractivity contribution is 5.96. The van der Waals surface area contributed by atoms with E-state index in [1.54, 1.807) is 6.07 Å². The maximum atomic E-state index is 13.6. The molecule has 2 amide bonds. The van der Waals surface area contributed by atoms with Crippen molar-refractivity contribution in [2.45, 2.75) is 65.0 Å². The average Bonchev–Trinajstić information content (AvgIpc) is 2.87. The van der Waals surface area contributed by atoms with Crippen LogP contribution in [0.25, 0.3) is 0 Å². The molecule has 2 aliphatic rings. The number of nitrogens with one attached hydrogen (secondary N) is 2. The van der Waals surface area contributed by atoms with Crippen molar-refractivity contribution in [3.05, 3.63) is 65.2 Å². The summed E-state index contributed by atoms with van der Waals surface area (Å²) in [4.78, 5) is 28.7. The number of amides is 2. The Morgan fingerprint density at radius 2 is 1.71 bits per heavy atom. The molecule has 2 aromatic carbocycles. The molecule has 6 heteroatoms. The zero-order chi connectivity index (χ0) is 24.7. The summed E-state index contributed by atoms with van der Waals surface area (Å²) in [5, 5.41) is 6.27. The molecule has 1 fully saturated rings. The van der Waals surface area contributed by atoms with Crippen molar-refractivity contribution < 1.29 is 14.3 Å². The summed E-state index contributed by atoms with van der Waals surface area (Å²) in [6.45, 7) is 7.89. The van der Waals surface area contributed by atoms with Gasteiger partial charge in [-0.3, -0.25) is 14.5 Å². The van der Waals surface area contributed by atoms with Crippen molar-refractivity contribution in [3.8, 4) is 5.75 Å². The number of para-hydroxylation sites is 1. The number of hydrogen-bond acceptors (Lipinski definition) is 4. The molecule has 0 aliphatic carbocycles. The zero-order valence-electron chi connectivity index (χ0n) is 21.1. The van der Waals surface area contributed by atoms with Crippen LogP contribution in [0.5, 0.6) is 5.75 Å². The molecule has 1 atom stereocenters. The fourth-order valence-corrected chi connectivity index (χ4v) is 5.23. The first-order chi connectivity index (χ1) is 17.0. The minimum absolute atomic E-state index is 0.107. The van der Waals surface area contributed by atoms with Gasteiger partial charge in [0.15, 0.2) is 0 Å². The normalized spacial score (nSPS) is 22.2. The Kier molecular flexibility index (Phi) is 8.45. The largest absolute Gasteiger partial charge is 0.491 e. The highest BCUT2D eigenvalue weighted by Crippen LogP contribution is 2.38. The number of carbonyl (C=O) groups is 2. The Hall–Kier alpha value is -2.86. The lowest BCUT2D eigenvalue weighted by molar-refractivity contribution is -0.135. The first kappa shape index (κ1) is 25.2. The second kappa shape index (κ2) is 11.7. The van der Waals surface area contributed by atoms with Gasteiger partial charge >= 0.3 is 0 Å². The molecule has 1 saturated heterocycles. The van der Waals surface area contributed by atoms with Gasteiger partial charge in [-0.25, -0.2) is 0 Å². The minimum atomic E-state index is -0.335. The van der Waals surface area contributed by atoms with E-state index < -0.39 is 0 Å². The number of ether oxygens (including phenoxy) is 1. The third kappa shape index (κ3) is 6.43. The predicted molar refractivity (Wildman–Crippen MR) is 138 cm³/mol. The molecular formula is C29H39N3O3. The highest BCUT2D eigenvalue weighted by Gasteiger charge is 2.41. The molecule has 188 valence electrons. The predicted octanol–water partition coefficient (Wildman–Crippen LogP) is 4.46. The number of benzene rings is 2. The van der Waals surface area contributed by atoms with Crippen LogP contribution in [0.3, 0.4) is 0 Å². The van der Waals surface area contributed by atoms with Crippen LogP contribution in [0.2, 0.25) is 0 Å². The van der Waals surface area contributed by atoms with Gasteiger partial charge in [0.05, 0.1) is 17.0 Å². The number of hydrogen-bond donors (Lipinski definition) is 2. The molecule has 6 nitrogen and oxygen atoms in total. The SMILES string of the molecule is Cc1ccccc1CN1CCC2(CCCCCNC(=O)c3ccccc3OC[C@H](C)NC2=O)CC1. The van der Waals surface area contributed by atoms with Crippen LogP contribution in [0.15, 0.2) is 48.5 Å². The van der Waals surface area contributed by atoms with Gasteiger partial charge in [0.25, 0.3) is 5.91 Å². The number of aryl methyl sites for hydroxylation is 1. The molecule has 2 aromatic rings. The van der Waals surface area contributed by atoms with E-state index in [1.807, 2.05) is 25.1 Å². The summed E-state index contributed by atoms with van der Waals surface area (Å²) < 4.78 is 5.98. The van der Waals surface area contributed by atoms with Gasteiger partial charge in [-0.1, -0.05) is 49.2 Å². The van der Waals surface area contributed by atoms with Crippen molar-refractivity contribution in [2.24, 2.45) is 5.41 Å². The Morgan fingerprint density at radius 1 is 0.971 bits per heavy atom. The number of likely N-dealkylation sites (tertiary alicyclic amines) is 1. The Labute approximate surface area is 209 Å². The van der Waals surface area contributed by atoms with Crippen molar-refractivity contribution in [1.82, 2.24) is 15.5 Å². The van der Waals surface area contributed by atoms with E-state index >= 15 is 0 Å². The fraction of sp³-hybridized carbons (Fsp3) is 0.517. The number of piperidine rings is 1. The lowest BCUT2D eigenvalue weighted by atomic mass is 9.73. The van der Waals surface area contributed by atoms with E-state index in [0.717, 1.165) is 58.2 Å². The molecule has 1 spiro atoms. The van der Waals surface area contributed by atoms with Gasteiger partial charge < -0.3 is 15.4 Å². The quantitative estimate of drug-likeness (QED) is 0.670. The molecule has 2 aliphatic heterocycles. The summed E-state index contributed by atoms with van der Waals surface area (Å²) in [7, 11) is 0. The van der Waals surface area contributed by atoms with E-state index in [2.05, 4.69) is 46.7 Å². The minimum Gasteiger partial charge on any atom is -0.491 e. The van der Waals surface area contributed by atoms with Gasteiger partial charge in [-0.05, 0) is 75.9 Å². The van der Waals surface area contributed by atoms with E-state index in [1.165, 1.54) is 11.1 Å². The van der Waals surface area contributed by atoms with Crippen molar-refractivity contribution >= 4 is 11.8 Å². The molecule has 0 aromatic heterocycles. The van der Waals surface area contributed by atoms with Crippen LogP contribution in [-0.2, 0) is 11.3 Å².